The summed E-state index contributed by atoms with van der Waals surface area (Å²) in [7, 11) is 0. The van der Waals surface area contributed by atoms with E-state index in [1.165, 1.54) is 12.8 Å². The van der Waals surface area contributed by atoms with Crippen LogP contribution in [0.3, 0.4) is 0 Å². The van der Waals surface area contributed by atoms with Crippen LogP contribution >= 0.6 is 22.6 Å². The smallest absolute Gasteiger partial charge is 0.256 e. The zero-order valence-corrected chi connectivity index (χ0v) is 13.7. The topological polar surface area (TPSA) is 45.2 Å². The Balaban J connectivity index is 1.70. The first-order chi connectivity index (χ1) is 10.2. The van der Waals surface area contributed by atoms with E-state index in [0.717, 1.165) is 28.2 Å². The van der Waals surface area contributed by atoms with Gasteiger partial charge in [0.05, 0.1) is 17.4 Å². The van der Waals surface area contributed by atoms with Crippen LogP contribution in [0.4, 0.5) is 11.5 Å². The van der Waals surface area contributed by atoms with Crippen LogP contribution in [0.1, 0.15) is 23.2 Å². The van der Waals surface area contributed by atoms with E-state index in [2.05, 4.69) is 37.8 Å². The van der Waals surface area contributed by atoms with Crippen LogP contribution < -0.4 is 10.2 Å². The molecule has 1 fully saturated rings. The number of rotatable bonds is 3. The molecule has 0 bridgehead atoms. The second kappa shape index (κ2) is 6.43. The molecule has 0 unspecified atom stereocenters. The Morgan fingerprint density at radius 3 is 2.57 bits per heavy atom. The van der Waals surface area contributed by atoms with Crippen LogP contribution in [-0.2, 0) is 0 Å². The van der Waals surface area contributed by atoms with Crippen molar-refractivity contribution in [2.45, 2.75) is 12.8 Å². The third kappa shape index (κ3) is 3.34. The summed E-state index contributed by atoms with van der Waals surface area (Å²) in [6.45, 7) is 2.14. The monoisotopic (exact) mass is 393 g/mol. The molecule has 3 rings (SSSR count). The Bertz CT molecular complexity index is 636. The number of hydrogen-bond donors (Lipinski definition) is 1. The van der Waals surface area contributed by atoms with E-state index in [0.29, 0.717) is 5.56 Å². The zero-order chi connectivity index (χ0) is 14.7. The molecule has 5 heteroatoms. The number of anilines is 2. The van der Waals surface area contributed by atoms with Gasteiger partial charge in [-0.25, -0.2) is 4.98 Å². The van der Waals surface area contributed by atoms with Gasteiger partial charge in [0.25, 0.3) is 5.91 Å². The zero-order valence-electron chi connectivity index (χ0n) is 11.6. The van der Waals surface area contributed by atoms with Crippen molar-refractivity contribution in [3.8, 4) is 0 Å². The quantitative estimate of drug-likeness (QED) is 0.812. The molecule has 2 heterocycles. The third-order valence-electron chi connectivity index (χ3n) is 3.55. The fraction of sp³-hybridized carbons (Fsp3) is 0.250. The summed E-state index contributed by atoms with van der Waals surface area (Å²) in [5, 5.41) is 2.89. The average Bonchev–Trinajstić information content (AvgIpc) is 3.02. The van der Waals surface area contributed by atoms with Gasteiger partial charge >= 0.3 is 0 Å². The summed E-state index contributed by atoms with van der Waals surface area (Å²) in [4.78, 5) is 18.9. The molecule has 1 amide bonds. The molecule has 1 N–H and O–H groups in total. The second-order valence-corrected chi connectivity index (χ2v) is 6.20. The molecule has 0 saturated carbocycles. The summed E-state index contributed by atoms with van der Waals surface area (Å²) >= 11 is 2.17. The SMILES string of the molecule is O=C(Nc1ccc(N2CCCC2)nc1)c1ccccc1I. The summed E-state index contributed by atoms with van der Waals surface area (Å²) in [6, 6.07) is 11.4. The van der Waals surface area contributed by atoms with Crippen molar-refractivity contribution >= 4 is 40.0 Å². The van der Waals surface area contributed by atoms with Gasteiger partial charge in [0, 0.05) is 16.7 Å². The molecule has 0 radical (unpaired) electrons. The van der Waals surface area contributed by atoms with Crippen LogP contribution in [0.15, 0.2) is 42.6 Å². The van der Waals surface area contributed by atoms with Crippen LogP contribution in [0.25, 0.3) is 0 Å². The van der Waals surface area contributed by atoms with Gasteiger partial charge in [-0.2, -0.15) is 0 Å². The summed E-state index contributed by atoms with van der Waals surface area (Å²) < 4.78 is 0.939. The molecule has 0 aliphatic carbocycles. The third-order valence-corrected chi connectivity index (χ3v) is 4.49. The Morgan fingerprint density at radius 1 is 1.14 bits per heavy atom. The maximum Gasteiger partial charge on any atom is 0.256 e. The van der Waals surface area contributed by atoms with E-state index in [-0.39, 0.29) is 5.91 Å². The first kappa shape index (κ1) is 14.3. The molecule has 108 valence electrons. The summed E-state index contributed by atoms with van der Waals surface area (Å²) in [6.07, 6.45) is 4.18. The number of aromatic nitrogens is 1. The molecule has 0 atom stereocenters. The normalized spacial score (nSPS) is 14.2. The van der Waals surface area contributed by atoms with Crippen molar-refractivity contribution in [3.05, 3.63) is 51.7 Å². The highest BCUT2D eigenvalue weighted by Gasteiger charge is 2.14. The van der Waals surface area contributed by atoms with Gasteiger partial charge in [-0.3, -0.25) is 4.79 Å². The van der Waals surface area contributed by atoms with Crippen LogP contribution in [0, 0.1) is 3.57 Å². The Labute approximate surface area is 137 Å². The van der Waals surface area contributed by atoms with E-state index in [4.69, 9.17) is 0 Å². The largest absolute Gasteiger partial charge is 0.357 e. The number of nitrogens with zero attached hydrogens (tertiary/aromatic N) is 2. The Kier molecular flexibility index (Phi) is 4.38. The first-order valence-electron chi connectivity index (χ1n) is 7.01. The number of amides is 1. The Hall–Kier alpha value is -1.63. The molecule has 2 aromatic rings. The first-order valence-corrected chi connectivity index (χ1v) is 8.09. The number of carbonyl (C=O) groups is 1. The lowest BCUT2D eigenvalue weighted by molar-refractivity contribution is 0.102. The van der Waals surface area contributed by atoms with Crippen LogP contribution in [0.2, 0.25) is 0 Å². The average molecular weight is 393 g/mol. The van der Waals surface area contributed by atoms with Crippen LogP contribution in [0.5, 0.6) is 0 Å². The summed E-state index contributed by atoms with van der Waals surface area (Å²) in [5.41, 5.74) is 1.41. The lowest BCUT2D eigenvalue weighted by Gasteiger charge is -2.16. The molecule has 1 saturated heterocycles. The van der Waals surface area contributed by atoms with E-state index < -0.39 is 0 Å². The highest BCUT2D eigenvalue weighted by Crippen LogP contribution is 2.20. The molecule has 1 aliphatic rings. The molecule has 1 aromatic heterocycles. The summed E-state index contributed by atoms with van der Waals surface area (Å²) in [5.74, 6) is 0.885. The Morgan fingerprint density at radius 2 is 1.90 bits per heavy atom. The maximum absolute atomic E-state index is 12.2. The van der Waals surface area contributed by atoms with E-state index in [1.54, 1.807) is 6.20 Å². The van der Waals surface area contributed by atoms with E-state index >= 15 is 0 Å². The second-order valence-electron chi connectivity index (χ2n) is 5.03. The molecule has 21 heavy (non-hydrogen) atoms. The van der Waals surface area contributed by atoms with Gasteiger partial charge in [0.15, 0.2) is 0 Å². The highest BCUT2D eigenvalue weighted by molar-refractivity contribution is 14.1. The van der Waals surface area contributed by atoms with Crippen molar-refractivity contribution in [1.82, 2.24) is 4.98 Å². The van der Waals surface area contributed by atoms with E-state index in [9.17, 15) is 4.79 Å². The van der Waals surface area contributed by atoms with E-state index in [1.807, 2.05) is 36.4 Å². The number of pyridine rings is 1. The highest BCUT2D eigenvalue weighted by atomic mass is 127. The standard InChI is InChI=1S/C16H16IN3O/c17-14-6-2-1-5-13(14)16(21)19-12-7-8-15(18-11-12)20-9-3-4-10-20/h1-2,5-8,11H,3-4,9-10H2,(H,19,21). The number of halogens is 1. The van der Waals surface area contributed by atoms with Crippen molar-refractivity contribution in [1.29, 1.82) is 0 Å². The molecule has 4 nitrogen and oxygen atoms in total. The fourth-order valence-electron chi connectivity index (χ4n) is 2.44. The van der Waals surface area contributed by atoms with Gasteiger partial charge < -0.3 is 10.2 Å². The molecule has 1 aromatic carbocycles. The van der Waals surface area contributed by atoms with Gasteiger partial charge in [0.1, 0.15) is 5.82 Å². The molecule has 1 aliphatic heterocycles. The van der Waals surface area contributed by atoms with Gasteiger partial charge in [-0.05, 0) is 59.7 Å². The lowest BCUT2D eigenvalue weighted by atomic mass is 10.2. The fourth-order valence-corrected chi connectivity index (χ4v) is 3.07. The van der Waals surface area contributed by atoms with Gasteiger partial charge in [-0.1, -0.05) is 12.1 Å². The maximum atomic E-state index is 12.2. The number of carbonyl (C=O) groups excluding carboxylic acids is 1. The molecule has 0 spiro atoms. The van der Waals surface area contributed by atoms with Gasteiger partial charge in [-0.15, -0.1) is 0 Å². The number of benzene rings is 1. The number of nitrogens with one attached hydrogen (secondary N) is 1. The van der Waals surface area contributed by atoms with Crippen molar-refractivity contribution < 1.29 is 4.79 Å². The number of hydrogen-bond acceptors (Lipinski definition) is 3. The predicted octanol–water partition coefficient (Wildman–Crippen LogP) is 3.54. The minimum atomic E-state index is -0.101. The van der Waals surface area contributed by atoms with Gasteiger partial charge in [0.2, 0.25) is 0 Å². The molecular weight excluding hydrogens is 377 g/mol. The molecular formula is C16H16IN3O. The predicted molar refractivity (Wildman–Crippen MR) is 92.8 cm³/mol. The van der Waals surface area contributed by atoms with Crippen molar-refractivity contribution in [2.75, 3.05) is 23.3 Å². The minimum absolute atomic E-state index is 0.101. The van der Waals surface area contributed by atoms with Crippen molar-refractivity contribution in [2.24, 2.45) is 0 Å². The van der Waals surface area contributed by atoms with Crippen LogP contribution in [-0.4, -0.2) is 24.0 Å². The minimum Gasteiger partial charge on any atom is -0.357 e. The van der Waals surface area contributed by atoms with Crippen molar-refractivity contribution in [3.63, 3.8) is 0 Å². The lowest BCUT2D eigenvalue weighted by Crippen LogP contribution is -2.19.